The van der Waals surface area contributed by atoms with E-state index >= 15 is 0 Å². The number of aromatic nitrogens is 2. The first-order valence-corrected chi connectivity index (χ1v) is 11.2. The summed E-state index contributed by atoms with van der Waals surface area (Å²) in [5.74, 6) is 1.71. The van der Waals surface area contributed by atoms with Gasteiger partial charge in [-0.25, -0.2) is 9.07 Å². The van der Waals surface area contributed by atoms with Crippen LogP contribution in [0.2, 0.25) is 0 Å². The summed E-state index contributed by atoms with van der Waals surface area (Å²) in [7, 11) is 0. The molecule has 1 fully saturated rings. The molecule has 2 heterocycles. The Balaban J connectivity index is 1.53. The zero-order valence-electron chi connectivity index (χ0n) is 17.2. The van der Waals surface area contributed by atoms with Crippen LogP contribution >= 0.6 is 11.8 Å². The summed E-state index contributed by atoms with van der Waals surface area (Å²) in [5.41, 5.74) is 4.32. The minimum absolute atomic E-state index is 0.246. The van der Waals surface area contributed by atoms with Crippen molar-refractivity contribution in [2.75, 3.05) is 29.9 Å². The third-order valence-electron chi connectivity index (χ3n) is 5.40. The second-order valence-corrected chi connectivity index (χ2v) is 8.72. The molecule has 1 aliphatic heterocycles. The van der Waals surface area contributed by atoms with E-state index in [1.807, 2.05) is 30.8 Å². The number of carbonyl (C=O) groups excluding carboxylic acids is 1. The molecule has 1 aliphatic rings. The van der Waals surface area contributed by atoms with E-state index in [1.54, 1.807) is 25.1 Å². The first kappa shape index (κ1) is 20.6. The number of carbonyl (C=O) groups is 1. The topological polar surface area (TPSA) is 50.2 Å². The van der Waals surface area contributed by atoms with Crippen molar-refractivity contribution in [2.24, 2.45) is 0 Å². The molecule has 1 N–H and O–H groups in total. The molecule has 2 aromatic carbocycles. The quantitative estimate of drug-likeness (QED) is 0.658. The maximum Gasteiger partial charge on any atom is 0.259 e. The van der Waals surface area contributed by atoms with Crippen molar-refractivity contribution < 1.29 is 9.18 Å². The Morgan fingerprint density at radius 3 is 2.70 bits per heavy atom. The molecule has 0 unspecified atom stereocenters. The number of aryl methyl sites for hydroxylation is 1. The zero-order chi connectivity index (χ0) is 21.1. The number of thioether (sulfide) groups is 1. The highest BCUT2D eigenvalue weighted by atomic mass is 32.2. The molecule has 30 heavy (non-hydrogen) atoms. The van der Waals surface area contributed by atoms with Gasteiger partial charge in [-0.1, -0.05) is 24.3 Å². The van der Waals surface area contributed by atoms with Gasteiger partial charge in [-0.2, -0.15) is 16.9 Å². The minimum atomic E-state index is -0.379. The molecular formula is C23H25FN4OS. The summed E-state index contributed by atoms with van der Waals surface area (Å²) >= 11 is 1.99. The predicted octanol–water partition coefficient (Wildman–Crippen LogP) is 4.43. The molecule has 5 nitrogen and oxygen atoms in total. The van der Waals surface area contributed by atoms with E-state index in [4.69, 9.17) is 0 Å². The Morgan fingerprint density at radius 2 is 1.93 bits per heavy atom. The molecule has 0 bridgehead atoms. The smallest absolute Gasteiger partial charge is 0.259 e. The lowest BCUT2D eigenvalue weighted by atomic mass is 10.1. The number of amides is 1. The van der Waals surface area contributed by atoms with E-state index in [0.29, 0.717) is 16.9 Å². The summed E-state index contributed by atoms with van der Waals surface area (Å²) in [6, 6.07) is 12.6. The molecule has 4 rings (SSSR count). The van der Waals surface area contributed by atoms with Crippen molar-refractivity contribution in [3.05, 3.63) is 76.9 Å². The molecule has 0 spiro atoms. The minimum Gasteiger partial charge on any atom is -0.322 e. The summed E-state index contributed by atoms with van der Waals surface area (Å²) in [6.07, 6.45) is 1.49. The SMILES string of the molecule is Cc1ccc(CN2CCSCC2)cc1NC(=O)c1cnn(-c2ccccc2F)c1C. The largest absolute Gasteiger partial charge is 0.322 e. The molecule has 3 aromatic rings. The fourth-order valence-electron chi connectivity index (χ4n) is 3.61. The zero-order valence-corrected chi connectivity index (χ0v) is 18.0. The van der Waals surface area contributed by atoms with Gasteiger partial charge in [0.25, 0.3) is 5.91 Å². The van der Waals surface area contributed by atoms with Gasteiger partial charge >= 0.3 is 0 Å². The van der Waals surface area contributed by atoms with E-state index in [1.165, 1.54) is 34.0 Å². The highest BCUT2D eigenvalue weighted by molar-refractivity contribution is 7.99. The molecule has 1 saturated heterocycles. The summed E-state index contributed by atoms with van der Waals surface area (Å²) in [6.45, 7) is 6.82. The number of benzene rings is 2. The number of halogens is 1. The van der Waals surface area contributed by atoms with Crippen molar-refractivity contribution in [3.8, 4) is 5.69 Å². The van der Waals surface area contributed by atoms with Gasteiger partial charge in [-0.05, 0) is 43.2 Å². The van der Waals surface area contributed by atoms with Crippen LogP contribution in [0.25, 0.3) is 5.69 Å². The molecule has 0 saturated carbocycles. The molecule has 0 radical (unpaired) electrons. The average molecular weight is 425 g/mol. The summed E-state index contributed by atoms with van der Waals surface area (Å²) in [5, 5.41) is 7.25. The van der Waals surface area contributed by atoms with Gasteiger partial charge in [0.05, 0.1) is 17.5 Å². The fourth-order valence-corrected chi connectivity index (χ4v) is 4.59. The van der Waals surface area contributed by atoms with Crippen molar-refractivity contribution in [2.45, 2.75) is 20.4 Å². The van der Waals surface area contributed by atoms with Crippen LogP contribution in [0, 0.1) is 19.7 Å². The monoisotopic (exact) mass is 424 g/mol. The molecule has 0 aliphatic carbocycles. The highest BCUT2D eigenvalue weighted by Crippen LogP contribution is 2.22. The number of nitrogens with one attached hydrogen (secondary N) is 1. The number of rotatable bonds is 5. The summed E-state index contributed by atoms with van der Waals surface area (Å²) in [4.78, 5) is 15.4. The number of hydrogen-bond acceptors (Lipinski definition) is 4. The maximum atomic E-state index is 14.1. The third kappa shape index (κ3) is 4.42. The molecular weight excluding hydrogens is 399 g/mol. The maximum absolute atomic E-state index is 14.1. The Hall–Kier alpha value is -2.64. The van der Waals surface area contributed by atoms with Crippen LogP contribution in [0.3, 0.4) is 0 Å². The third-order valence-corrected chi connectivity index (χ3v) is 6.34. The molecule has 1 aromatic heterocycles. The van der Waals surface area contributed by atoms with Crippen molar-refractivity contribution in [1.82, 2.24) is 14.7 Å². The Labute approximate surface area is 180 Å². The van der Waals surface area contributed by atoms with E-state index in [9.17, 15) is 9.18 Å². The second kappa shape index (κ2) is 9.02. The predicted molar refractivity (Wildman–Crippen MR) is 120 cm³/mol. The number of hydrogen-bond donors (Lipinski definition) is 1. The lowest BCUT2D eigenvalue weighted by Crippen LogP contribution is -2.32. The Morgan fingerprint density at radius 1 is 1.17 bits per heavy atom. The number of nitrogens with zero attached hydrogens (tertiary/aromatic N) is 3. The van der Waals surface area contributed by atoms with Crippen molar-refractivity contribution >= 4 is 23.4 Å². The second-order valence-electron chi connectivity index (χ2n) is 7.50. The van der Waals surface area contributed by atoms with Crippen molar-refractivity contribution in [1.29, 1.82) is 0 Å². The fraction of sp³-hybridized carbons (Fsp3) is 0.304. The lowest BCUT2D eigenvalue weighted by molar-refractivity contribution is 0.102. The van der Waals surface area contributed by atoms with E-state index < -0.39 is 0 Å². The normalized spacial score (nSPS) is 14.6. The van der Waals surface area contributed by atoms with Crippen LogP contribution in [-0.4, -0.2) is 45.2 Å². The molecule has 0 atom stereocenters. The van der Waals surface area contributed by atoms with Gasteiger partial charge in [0.15, 0.2) is 0 Å². The van der Waals surface area contributed by atoms with Gasteiger partial charge < -0.3 is 5.32 Å². The van der Waals surface area contributed by atoms with Crippen LogP contribution in [-0.2, 0) is 6.54 Å². The van der Waals surface area contributed by atoms with E-state index in [0.717, 1.165) is 30.9 Å². The molecule has 7 heteroatoms. The van der Waals surface area contributed by atoms with Crippen LogP contribution in [0.4, 0.5) is 10.1 Å². The number of para-hydroxylation sites is 1. The van der Waals surface area contributed by atoms with Gasteiger partial charge in [-0.3, -0.25) is 9.69 Å². The standard InChI is InChI=1S/C23H25FN4OS/c1-16-7-8-18(15-27-9-11-30-12-10-27)13-21(16)26-23(29)19-14-25-28(17(19)2)22-6-4-3-5-20(22)24/h3-8,13-14H,9-12,15H2,1-2H3,(H,26,29). The van der Waals surface area contributed by atoms with Crippen LogP contribution in [0.15, 0.2) is 48.7 Å². The van der Waals surface area contributed by atoms with Gasteiger partial charge in [0, 0.05) is 36.8 Å². The first-order valence-electron chi connectivity index (χ1n) is 10.0. The Bertz CT molecular complexity index is 1060. The highest BCUT2D eigenvalue weighted by Gasteiger charge is 2.18. The molecule has 1 amide bonds. The van der Waals surface area contributed by atoms with Crippen molar-refractivity contribution in [3.63, 3.8) is 0 Å². The van der Waals surface area contributed by atoms with Gasteiger partial charge in [0.2, 0.25) is 0 Å². The van der Waals surface area contributed by atoms with Crippen LogP contribution in [0.5, 0.6) is 0 Å². The number of anilines is 1. The average Bonchev–Trinajstić information content (AvgIpc) is 3.13. The first-order chi connectivity index (χ1) is 14.5. The summed E-state index contributed by atoms with van der Waals surface area (Å²) < 4.78 is 15.6. The van der Waals surface area contributed by atoms with Gasteiger partial charge in [-0.15, -0.1) is 0 Å². The van der Waals surface area contributed by atoms with Crippen LogP contribution in [0.1, 0.15) is 27.2 Å². The van der Waals surface area contributed by atoms with E-state index in [2.05, 4.69) is 21.4 Å². The molecule has 156 valence electrons. The van der Waals surface area contributed by atoms with E-state index in [-0.39, 0.29) is 11.7 Å². The van der Waals surface area contributed by atoms with Gasteiger partial charge in [0.1, 0.15) is 11.5 Å². The Kier molecular flexibility index (Phi) is 6.20. The lowest BCUT2D eigenvalue weighted by Gasteiger charge is -2.26. The van der Waals surface area contributed by atoms with Crippen LogP contribution < -0.4 is 5.32 Å².